The third kappa shape index (κ3) is 3.68. The van der Waals surface area contributed by atoms with E-state index in [-0.39, 0.29) is 6.54 Å². The molecule has 156 valence electrons. The number of nitrogens with one attached hydrogen (secondary N) is 3. The molecule has 1 aliphatic rings. The van der Waals surface area contributed by atoms with Gasteiger partial charge in [-0.05, 0) is 36.8 Å². The zero-order valence-corrected chi connectivity index (χ0v) is 15.9. The molecule has 1 atom stereocenters. The van der Waals surface area contributed by atoms with Crippen molar-refractivity contribution in [2.45, 2.75) is 26.2 Å². The molecule has 2 amide bonds. The Morgan fingerprint density at radius 2 is 2.07 bits per heavy atom. The molecule has 10 heteroatoms. The third-order valence-electron chi connectivity index (χ3n) is 4.89. The molecular weight excluding hydrogens is 399 g/mol. The zero-order chi connectivity index (χ0) is 21.4. The molecule has 0 radical (unpaired) electrons. The van der Waals surface area contributed by atoms with Gasteiger partial charge in [-0.2, -0.15) is 5.10 Å². The average molecular weight is 417 g/mol. The number of fused-ring (bicyclic) bond motifs is 2. The fraction of sp³-hybridized carbons (Fsp3) is 0.250. The van der Waals surface area contributed by atoms with E-state index in [4.69, 9.17) is 0 Å². The number of benzene rings is 2. The molecule has 3 N–H and O–H groups in total. The maximum absolute atomic E-state index is 13.0. The van der Waals surface area contributed by atoms with Gasteiger partial charge in [0.15, 0.2) is 0 Å². The van der Waals surface area contributed by atoms with Gasteiger partial charge in [0.1, 0.15) is 6.54 Å². The topological polar surface area (TPSA) is 90.1 Å². The molecular formula is C20H18F3N5O2. The normalized spacial score (nSPS) is 14.3. The Morgan fingerprint density at radius 3 is 2.83 bits per heavy atom. The summed E-state index contributed by atoms with van der Waals surface area (Å²) in [5.74, 6) is -1.43. The summed E-state index contributed by atoms with van der Waals surface area (Å²) in [5, 5.41) is 12.9. The smallest absolute Gasteiger partial charge is 0.287 e. The lowest BCUT2D eigenvalue weighted by Gasteiger charge is -2.17. The molecule has 0 saturated heterocycles. The number of nitrogens with zero attached hydrogens (tertiary/aromatic N) is 2. The Labute approximate surface area is 169 Å². The molecule has 2 aromatic carbocycles. The molecule has 1 aromatic heterocycles. The highest BCUT2D eigenvalue weighted by molar-refractivity contribution is 6.05. The van der Waals surface area contributed by atoms with Crippen molar-refractivity contribution >= 4 is 34.1 Å². The number of anilines is 2. The zero-order valence-electron chi connectivity index (χ0n) is 15.9. The fourth-order valence-corrected chi connectivity index (χ4v) is 3.47. The lowest BCUT2D eigenvalue weighted by molar-refractivity contribution is -0.125. The van der Waals surface area contributed by atoms with E-state index >= 15 is 0 Å². The van der Waals surface area contributed by atoms with Gasteiger partial charge >= 0.3 is 0 Å². The number of rotatable bonds is 6. The number of aromatic amines is 1. The highest BCUT2D eigenvalue weighted by Gasteiger charge is 2.32. The molecule has 30 heavy (non-hydrogen) atoms. The molecule has 1 aliphatic heterocycles. The maximum Gasteiger partial charge on any atom is 0.287 e. The van der Waals surface area contributed by atoms with Gasteiger partial charge in [0.05, 0.1) is 16.8 Å². The summed E-state index contributed by atoms with van der Waals surface area (Å²) in [7, 11) is 0. The molecule has 2 heterocycles. The average Bonchev–Trinajstić information content (AvgIpc) is 3.22. The molecule has 0 spiro atoms. The van der Waals surface area contributed by atoms with E-state index in [2.05, 4.69) is 15.5 Å². The number of halogens is 3. The third-order valence-corrected chi connectivity index (χ3v) is 4.89. The Hall–Kier alpha value is -3.56. The predicted octanol–water partition coefficient (Wildman–Crippen LogP) is 3.25. The second kappa shape index (κ2) is 7.69. The van der Waals surface area contributed by atoms with Gasteiger partial charge in [-0.25, -0.2) is 13.2 Å². The lowest BCUT2D eigenvalue weighted by Crippen LogP contribution is -2.43. The summed E-state index contributed by atoms with van der Waals surface area (Å²) in [5.41, 5.74) is 4.05. The van der Waals surface area contributed by atoms with Crippen LogP contribution < -0.4 is 10.6 Å². The summed E-state index contributed by atoms with van der Waals surface area (Å²) in [4.78, 5) is 25.8. The van der Waals surface area contributed by atoms with Crippen molar-refractivity contribution in [2.24, 2.45) is 0 Å². The number of alkyl halides is 3. The minimum atomic E-state index is -3.33. The Morgan fingerprint density at radius 1 is 1.27 bits per heavy atom. The van der Waals surface area contributed by atoms with Crippen LogP contribution in [0.25, 0.3) is 10.9 Å². The van der Waals surface area contributed by atoms with Crippen LogP contribution in [-0.4, -0.2) is 46.2 Å². The summed E-state index contributed by atoms with van der Waals surface area (Å²) in [6, 6.07) is 10.9. The number of amides is 2. The van der Waals surface area contributed by atoms with E-state index in [0.717, 1.165) is 22.3 Å². The van der Waals surface area contributed by atoms with E-state index in [1.165, 1.54) is 4.90 Å². The van der Waals surface area contributed by atoms with Gasteiger partial charge in [0, 0.05) is 23.3 Å². The van der Waals surface area contributed by atoms with Crippen molar-refractivity contribution in [3.8, 4) is 0 Å². The molecule has 4 rings (SSSR count). The van der Waals surface area contributed by atoms with E-state index in [0.29, 0.717) is 16.8 Å². The van der Waals surface area contributed by atoms with Crippen LogP contribution in [0.4, 0.5) is 24.5 Å². The van der Waals surface area contributed by atoms with Gasteiger partial charge in [0.25, 0.3) is 12.3 Å². The van der Waals surface area contributed by atoms with Crippen LogP contribution in [0.2, 0.25) is 0 Å². The van der Waals surface area contributed by atoms with Crippen LogP contribution in [0.1, 0.15) is 21.6 Å². The summed E-state index contributed by atoms with van der Waals surface area (Å²) in [6.45, 7) is 1.53. The largest absolute Gasteiger partial charge is 0.355 e. The van der Waals surface area contributed by atoms with Crippen molar-refractivity contribution in [1.29, 1.82) is 0 Å². The monoisotopic (exact) mass is 417 g/mol. The van der Waals surface area contributed by atoms with Crippen LogP contribution >= 0.6 is 0 Å². The van der Waals surface area contributed by atoms with Crippen molar-refractivity contribution in [2.75, 3.05) is 11.9 Å². The first-order chi connectivity index (χ1) is 14.3. The number of hydrogen-bond donors (Lipinski definition) is 3. The van der Waals surface area contributed by atoms with E-state index < -0.39 is 31.1 Å². The Kier molecular flexibility index (Phi) is 5.06. The molecule has 0 fully saturated rings. The SMILES string of the molecule is Cc1[nH]nc2cc(Nc3cccc4c3C(=O)N(CC(=O)NC(F)C(F)F)C4)ccc12. The van der Waals surface area contributed by atoms with Gasteiger partial charge in [0.2, 0.25) is 12.2 Å². The molecule has 7 nitrogen and oxygen atoms in total. The summed E-state index contributed by atoms with van der Waals surface area (Å²) in [6.07, 6.45) is -6.10. The van der Waals surface area contributed by atoms with Gasteiger partial charge in [-0.15, -0.1) is 0 Å². The van der Waals surface area contributed by atoms with Gasteiger partial charge in [-0.1, -0.05) is 12.1 Å². The lowest BCUT2D eigenvalue weighted by atomic mass is 10.1. The molecule has 3 aromatic rings. The number of carbonyl (C=O) groups is 2. The number of carbonyl (C=O) groups excluding carboxylic acids is 2. The molecule has 0 saturated carbocycles. The summed E-state index contributed by atoms with van der Waals surface area (Å²) < 4.78 is 37.6. The quantitative estimate of drug-likeness (QED) is 0.537. The first kappa shape index (κ1) is 19.7. The number of hydrogen-bond acceptors (Lipinski definition) is 4. The van der Waals surface area contributed by atoms with Crippen LogP contribution in [-0.2, 0) is 11.3 Å². The second-order valence-corrected chi connectivity index (χ2v) is 7.01. The van der Waals surface area contributed by atoms with Crippen molar-refractivity contribution in [3.05, 3.63) is 53.2 Å². The minimum absolute atomic E-state index is 0.125. The van der Waals surface area contributed by atoms with Gasteiger partial charge < -0.3 is 15.5 Å². The fourth-order valence-electron chi connectivity index (χ4n) is 3.47. The van der Waals surface area contributed by atoms with Crippen molar-refractivity contribution in [1.82, 2.24) is 20.4 Å². The highest BCUT2D eigenvalue weighted by Crippen LogP contribution is 2.32. The maximum atomic E-state index is 13.0. The summed E-state index contributed by atoms with van der Waals surface area (Å²) >= 11 is 0. The molecule has 0 aliphatic carbocycles. The Bertz CT molecular complexity index is 1130. The number of aromatic nitrogens is 2. The second-order valence-electron chi connectivity index (χ2n) is 7.01. The van der Waals surface area contributed by atoms with E-state index in [1.807, 2.05) is 25.1 Å². The highest BCUT2D eigenvalue weighted by atomic mass is 19.3. The van der Waals surface area contributed by atoms with Gasteiger partial charge in [-0.3, -0.25) is 14.7 Å². The van der Waals surface area contributed by atoms with Crippen LogP contribution in [0.15, 0.2) is 36.4 Å². The van der Waals surface area contributed by atoms with Crippen LogP contribution in [0.5, 0.6) is 0 Å². The van der Waals surface area contributed by atoms with E-state index in [9.17, 15) is 22.8 Å². The molecule has 0 bridgehead atoms. The Balaban J connectivity index is 1.52. The molecule has 1 unspecified atom stereocenters. The van der Waals surface area contributed by atoms with Crippen LogP contribution in [0, 0.1) is 6.92 Å². The number of H-pyrrole nitrogens is 1. The first-order valence-corrected chi connectivity index (χ1v) is 9.18. The van der Waals surface area contributed by atoms with Crippen molar-refractivity contribution < 1.29 is 22.8 Å². The number of aryl methyl sites for hydroxylation is 1. The minimum Gasteiger partial charge on any atom is -0.355 e. The van der Waals surface area contributed by atoms with Crippen LogP contribution in [0.3, 0.4) is 0 Å². The van der Waals surface area contributed by atoms with E-state index in [1.54, 1.807) is 23.5 Å². The predicted molar refractivity (Wildman–Crippen MR) is 104 cm³/mol. The van der Waals surface area contributed by atoms with Crippen molar-refractivity contribution in [3.63, 3.8) is 0 Å². The first-order valence-electron chi connectivity index (χ1n) is 9.18. The standard InChI is InChI=1S/C20H18F3N5O2/c1-10-13-6-5-12(7-15(13)27-26-10)24-14-4-2-3-11-8-28(20(30)17(11)14)9-16(29)25-19(23)18(21)22/h2-7,18-19,24H,8-9H2,1H3,(H,25,29)(H,26,27).